The number of hydrogen-bond donors (Lipinski definition) is 2. The van der Waals surface area contributed by atoms with Crippen LogP contribution in [0.15, 0.2) is 54.9 Å². The van der Waals surface area contributed by atoms with E-state index >= 15 is 0 Å². The summed E-state index contributed by atoms with van der Waals surface area (Å²) in [7, 11) is 0. The van der Waals surface area contributed by atoms with Gasteiger partial charge in [-0.25, -0.2) is 0 Å². The predicted molar refractivity (Wildman–Crippen MR) is 120 cm³/mol. The molecule has 5 rings (SSSR count). The van der Waals surface area contributed by atoms with Gasteiger partial charge in [0.15, 0.2) is 0 Å². The number of ether oxygens (including phenoxy) is 2. The fourth-order valence-corrected chi connectivity index (χ4v) is 4.43. The highest BCUT2D eigenvalue weighted by atomic mass is 19.1. The van der Waals surface area contributed by atoms with E-state index in [4.69, 9.17) is 9.47 Å². The Bertz CT molecular complexity index is 1110. The number of alkyl halides is 1. The lowest BCUT2D eigenvalue weighted by atomic mass is 9.87. The summed E-state index contributed by atoms with van der Waals surface area (Å²) in [5.41, 5.74) is 4.86. The van der Waals surface area contributed by atoms with Crippen molar-refractivity contribution in [1.29, 1.82) is 0 Å². The summed E-state index contributed by atoms with van der Waals surface area (Å²) in [6.45, 7) is 4.83. The number of phenolic OH excluding ortho intramolecular Hbond substituents is 1. The van der Waals surface area contributed by atoms with Crippen LogP contribution in [-0.2, 0) is 0 Å². The number of H-pyrrole nitrogens is 1. The summed E-state index contributed by atoms with van der Waals surface area (Å²) >= 11 is 0. The van der Waals surface area contributed by atoms with Crippen molar-refractivity contribution in [3.63, 3.8) is 0 Å². The largest absolute Gasteiger partial charge is 0.508 e. The molecule has 0 aliphatic carbocycles. The van der Waals surface area contributed by atoms with E-state index in [1.807, 2.05) is 37.4 Å². The van der Waals surface area contributed by atoms with Gasteiger partial charge in [-0.1, -0.05) is 12.1 Å². The van der Waals surface area contributed by atoms with E-state index in [9.17, 15) is 9.50 Å². The number of fused-ring (bicyclic) bond motifs is 1. The summed E-state index contributed by atoms with van der Waals surface area (Å²) < 4.78 is 24.8. The predicted octanol–water partition coefficient (Wildman–Crippen LogP) is 4.46. The number of nitrogens with zero attached hydrogens (tertiary/aromatic N) is 2. The first-order valence-electron chi connectivity index (χ1n) is 10.8. The summed E-state index contributed by atoms with van der Waals surface area (Å²) in [4.78, 5) is 2.20. The number of aromatic nitrogens is 2. The molecule has 0 unspecified atom stereocenters. The number of halogens is 1. The Kier molecular flexibility index (Phi) is 5.57. The molecule has 0 saturated carbocycles. The fourth-order valence-electron chi connectivity index (χ4n) is 4.43. The molecule has 0 spiro atoms. The molecule has 3 heterocycles. The highest BCUT2D eigenvalue weighted by Gasteiger charge is 2.30. The maximum Gasteiger partial charge on any atom is 0.150 e. The second-order valence-corrected chi connectivity index (χ2v) is 8.40. The van der Waals surface area contributed by atoms with Gasteiger partial charge in [-0.3, -0.25) is 14.4 Å². The van der Waals surface area contributed by atoms with E-state index in [1.165, 1.54) is 0 Å². The molecule has 0 bridgehead atoms. The first-order valence-corrected chi connectivity index (χ1v) is 10.8. The van der Waals surface area contributed by atoms with Gasteiger partial charge >= 0.3 is 0 Å². The second kappa shape index (κ2) is 8.67. The molecule has 3 aromatic rings. The van der Waals surface area contributed by atoms with Crippen molar-refractivity contribution < 1.29 is 19.0 Å². The van der Waals surface area contributed by atoms with Crippen molar-refractivity contribution in [2.75, 3.05) is 32.9 Å². The molecule has 2 aliphatic rings. The number of nitrogens with one attached hydrogen (secondary N) is 1. The molecule has 32 heavy (non-hydrogen) atoms. The Balaban J connectivity index is 1.34. The van der Waals surface area contributed by atoms with Crippen LogP contribution in [0.3, 0.4) is 0 Å². The van der Waals surface area contributed by atoms with Crippen molar-refractivity contribution >= 4 is 11.1 Å². The van der Waals surface area contributed by atoms with Gasteiger partial charge in [0.1, 0.15) is 30.0 Å². The molecule has 2 aliphatic heterocycles. The average molecular weight is 435 g/mol. The third-order valence-electron chi connectivity index (χ3n) is 6.20. The Hall–Kier alpha value is -3.32. The third-order valence-corrected chi connectivity index (χ3v) is 6.20. The first kappa shape index (κ1) is 20.6. The quantitative estimate of drug-likeness (QED) is 0.573. The number of allylic oxidation sites excluding steroid dienone is 1. The van der Waals surface area contributed by atoms with Crippen LogP contribution in [0.2, 0.25) is 0 Å². The van der Waals surface area contributed by atoms with Crippen LogP contribution in [0.1, 0.15) is 29.7 Å². The molecule has 2 aromatic carbocycles. The van der Waals surface area contributed by atoms with Gasteiger partial charge in [-0.2, -0.15) is 5.10 Å². The van der Waals surface area contributed by atoms with Gasteiger partial charge in [-0.05, 0) is 48.4 Å². The molecule has 1 fully saturated rings. The van der Waals surface area contributed by atoms with Crippen molar-refractivity contribution in [2.45, 2.75) is 13.0 Å². The van der Waals surface area contributed by atoms with Crippen molar-refractivity contribution in [3.8, 4) is 17.2 Å². The molecule has 0 amide bonds. The fraction of sp³-hybridized carbons (Fsp3) is 0.320. The smallest absolute Gasteiger partial charge is 0.150 e. The average Bonchev–Trinajstić information content (AvgIpc) is 3.30. The van der Waals surface area contributed by atoms with Crippen LogP contribution in [-0.4, -0.2) is 53.1 Å². The molecule has 1 aromatic heterocycles. The van der Waals surface area contributed by atoms with Gasteiger partial charge < -0.3 is 14.6 Å². The lowest BCUT2D eigenvalue weighted by molar-refractivity contribution is 0.0668. The highest BCUT2D eigenvalue weighted by Crippen LogP contribution is 2.47. The molecule has 1 atom stereocenters. The summed E-state index contributed by atoms with van der Waals surface area (Å²) in [5, 5.41) is 16.9. The van der Waals surface area contributed by atoms with Crippen LogP contribution in [0, 0.1) is 5.92 Å². The first-order chi connectivity index (χ1) is 15.6. The van der Waals surface area contributed by atoms with Crippen molar-refractivity contribution in [1.82, 2.24) is 15.1 Å². The molecule has 2 N–H and O–H groups in total. The van der Waals surface area contributed by atoms with E-state index in [-0.39, 0.29) is 24.4 Å². The number of rotatable bonds is 7. The van der Waals surface area contributed by atoms with E-state index in [0.29, 0.717) is 6.61 Å². The van der Waals surface area contributed by atoms with Crippen LogP contribution in [0.4, 0.5) is 4.39 Å². The Labute approximate surface area is 186 Å². The summed E-state index contributed by atoms with van der Waals surface area (Å²) in [5.74, 6) is 1.93. The Morgan fingerprint density at radius 3 is 2.75 bits per heavy atom. The number of benzene rings is 2. The Morgan fingerprint density at radius 1 is 1.22 bits per heavy atom. The molecule has 1 saturated heterocycles. The zero-order valence-corrected chi connectivity index (χ0v) is 17.9. The number of aromatic amines is 1. The number of likely N-dealkylation sites (tertiary alicyclic amines) is 1. The number of aromatic hydroxyl groups is 1. The molecule has 6 nitrogen and oxygen atoms in total. The molecular weight excluding hydrogens is 409 g/mol. The summed E-state index contributed by atoms with van der Waals surface area (Å²) in [6, 6.07) is 13.1. The van der Waals surface area contributed by atoms with E-state index in [0.717, 1.165) is 59.0 Å². The number of hydrogen-bond acceptors (Lipinski definition) is 5. The minimum Gasteiger partial charge on any atom is -0.508 e. The molecule has 166 valence electrons. The van der Waals surface area contributed by atoms with E-state index in [1.54, 1.807) is 24.4 Å². The van der Waals surface area contributed by atoms with Crippen LogP contribution >= 0.6 is 0 Å². The zero-order valence-electron chi connectivity index (χ0n) is 17.9. The van der Waals surface area contributed by atoms with Gasteiger partial charge in [0.05, 0.1) is 12.9 Å². The van der Waals surface area contributed by atoms with Crippen LogP contribution < -0.4 is 9.47 Å². The monoisotopic (exact) mass is 435 g/mol. The maximum absolute atomic E-state index is 12.5. The van der Waals surface area contributed by atoms with Gasteiger partial charge in [-0.15, -0.1) is 0 Å². The Morgan fingerprint density at radius 2 is 2.03 bits per heavy atom. The van der Waals surface area contributed by atoms with E-state index in [2.05, 4.69) is 15.1 Å². The molecule has 7 heteroatoms. The minimum atomic E-state index is -0.308. The van der Waals surface area contributed by atoms with Crippen LogP contribution in [0.25, 0.3) is 11.1 Å². The maximum atomic E-state index is 12.5. The highest BCUT2D eigenvalue weighted by molar-refractivity contribution is 5.95. The second-order valence-electron chi connectivity index (χ2n) is 8.40. The number of phenols is 1. The summed E-state index contributed by atoms with van der Waals surface area (Å²) in [6.07, 6.45) is 3.32. The van der Waals surface area contributed by atoms with Crippen molar-refractivity contribution in [2.24, 2.45) is 5.92 Å². The molecule has 0 radical (unpaired) electrons. The zero-order chi connectivity index (χ0) is 22.1. The lowest BCUT2D eigenvalue weighted by Gasteiger charge is -2.37. The normalized spacial score (nSPS) is 18.8. The topological polar surface area (TPSA) is 70.6 Å². The van der Waals surface area contributed by atoms with Crippen LogP contribution in [0.5, 0.6) is 17.2 Å². The van der Waals surface area contributed by atoms with Crippen molar-refractivity contribution in [3.05, 3.63) is 71.5 Å². The van der Waals surface area contributed by atoms with E-state index < -0.39 is 0 Å². The van der Waals surface area contributed by atoms with Gasteiger partial charge in [0.25, 0.3) is 0 Å². The lowest BCUT2D eigenvalue weighted by Crippen LogP contribution is -2.49. The third kappa shape index (κ3) is 3.96. The van der Waals surface area contributed by atoms with Gasteiger partial charge in [0, 0.05) is 48.4 Å². The standard InChI is InChI=1S/C25H26FN3O3/c1-16-22-10-20(30)4-7-23(22)32-25(24(16)19-12-27-28-13-19)18-2-5-21(6-3-18)31-9-8-29-14-17(11-26)15-29/h2-7,10,12-13,17,25,30H,8-9,11,14-15H2,1H3,(H,27,28)/t25-/m0/s1. The SMILES string of the molecule is CC1=C(c2cn[nH]c2)[C@H](c2ccc(OCCN3CC(CF)C3)cc2)Oc2ccc(O)cc21. The minimum absolute atomic E-state index is 0.194. The van der Waals surface area contributed by atoms with Gasteiger partial charge in [0.2, 0.25) is 0 Å². The molecular formula is C25H26FN3O3.